The van der Waals surface area contributed by atoms with Crippen molar-refractivity contribution in [1.29, 1.82) is 0 Å². The van der Waals surface area contributed by atoms with E-state index in [1.807, 2.05) is 48.5 Å². The molecule has 0 fully saturated rings. The summed E-state index contributed by atoms with van der Waals surface area (Å²) >= 11 is 0. The van der Waals surface area contributed by atoms with E-state index in [-0.39, 0.29) is 0 Å². The molecule has 0 aliphatic rings. The fraction of sp³-hybridized carbons (Fsp3) is 0.0769. The van der Waals surface area contributed by atoms with E-state index >= 15 is 0 Å². The van der Waals surface area contributed by atoms with Gasteiger partial charge in [-0.15, -0.1) is 0 Å². The molecule has 0 radical (unpaired) electrons. The highest BCUT2D eigenvalue weighted by Gasteiger charge is 1.99. The number of methoxy groups -OCH3 is 1. The Kier molecular flexibility index (Phi) is 2.96. The Morgan fingerprint density at radius 1 is 1.06 bits per heavy atom. The lowest BCUT2D eigenvalue weighted by Crippen LogP contribution is -1.95. The number of nitrogens with one attached hydrogen (secondary N) is 1. The second kappa shape index (κ2) is 4.57. The number of ether oxygens (including phenoxy) is 1. The highest BCUT2D eigenvalue weighted by molar-refractivity contribution is 5.72. The molecule has 0 saturated carbocycles. The van der Waals surface area contributed by atoms with Crippen molar-refractivity contribution in [3.63, 3.8) is 0 Å². The second-order valence-corrected chi connectivity index (χ2v) is 3.44. The minimum absolute atomic E-state index is 0.727. The third-order valence-corrected chi connectivity index (χ3v) is 2.31. The van der Waals surface area contributed by atoms with Crippen molar-refractivity contribution >= 4 is 17.1 Å². The maximum absolute atomic E-state index is 5.85. The molecular weight excluding hydrogens is 200 g/mol. The van der Waals surface area contributed by atoms with Gasteiger partial charge in [0.15, 0.2) is 0 Å². The van der Waals surface area contributed by atoms with Gasteiger partial charge in [-0.2, -0.15) is 0 Å². The molecule has 0 amide bonds. The molecule has 0 aliphatic heterocycles. The van der Waals surface area contributed by atoms with Crippen LogP contribution in [0.5, 0.6) is 5.75 Å². The Bertz CT molecular complexity index is 483. The van der Waals surface area contributed by atoms with Crippen molar-refractivity contribution in [3.8, 4) is 5.75 Å². The molecule has 82 valence electrons. The van der Waals surface area contributed by atoms with Crippen LogP contribution in [0.3, 0.4) is 0 Å². The van der Waals surface area contributed by atoms with E-state index in [4.69, 9.17) is 10.5 Å². The van der Waals surface area contributed by atoms with Crippen LogP contribution in [0.25, 0.3) is 0 Å². The molecule has 2 rings (SSSR count). The number of rotatable bonds is 3. The van der Waals surface area contributed by atoms with Gasteiger partial charge in [-0.1, -0.05) is 18.2 Å². The molecule has 3 nitrogen and oxygen atoms in total. The lowest BCUT2D eigenvalue weighted by atomic mass is 10.2. The molecule has 0 bridgehead atoms. The van der Waals surface area contributed by atoms with E-state index in [1.165, 1.54) is 0 Å². The molecule has 0 aromatic heterocycles. The molecule has 0 unspecified atom stereocenters. The zero-order valence-corrected chi connectivity index (χ0v) is 9.10. The third kappa shape index (κ3) is 2.25. The molecule has 0 spiro atoms. The zero-order valence-electron chi connectivity index (χ0n) is 9.10. The molecule has 16 heavy (non-hydrogen) atoms. The summed E-state index contributed by atoms with van der Waals surface area (Å²) < 4.78 is 5.15. The number of nitrogen functional groups attached to an aromatic ring is 1. The lowest BCUT2D eigenvalue weighted by Gasteiger charge is -2.09. The van der Waals surface area contributed by atoms with Crippen LogP contribution in [0, 0.1) is 0 Å². The van der Waals surface area contributed by atoms with Crippen molar-refractivity contribution in [2.24, 2.45) is 0 Å². The summed E-state index contributed by atoms with van der Waals surface area (Å²) in [6.07, 6.45) is 0. The highest BCUT2D eigenvalue weighted by atomic mass is 16.5. The van der Waals surface area contributed by atoms with Gasteiger partial charge in [-0.3, -0.25) is 0 Å². The molecule has 3 heteroatoms. The Balaban J connectivity index is 2.24. The summed E-state index contributed by atoms with van der Waals surface area (Å²) in [5, 5.41) is 3.24. The van der Waals surface area contributed by atoms with Gasteiger partial charge in [-0.25, -0.2) is 0 Å². The second-order valence-electron chi connectivity index (χ2n) is 3.44. The normalized spacial score (nSPS) is 9.81. The predicted molar refractivity (Wildman–Crippen MR) is 67.1 cm³/mol. The number of hydrogen-bond donors (Lipinski definition) is 2. The predicted octanol–water partition coefficient (Wildman–Crippen LogP) is 3.02. The van der Waals surface area contributed by atoms with Gasteiger partial charge < -0.3 is 15.8 Å². The smallest absolute Gasteiger partial charge is 0.120 e. The summed E-state index contributed by atoms with van der Waals surface area (Å²) in [5.74, 6) is 0.819. The van der Waals surface area contributed by atoms with Gasteiger partial charge in [0.25, 0.3) is 0 Å². The topological polar surface area (TPSA) is 47.3 Å². The van der Waals surface area contributed by atoms with Gasteiger partial charge in [0.1, 0.15) is 5.75 Å². The van der Waals surface area contributed by atoms with Crippen LogP contribution >= 0.6 is 0 Å². The van der Waals surface area contributed by atoms with Gasteiger partial charge in [-0.05, 0) is 24.3 Å². The van der Waals surface area contributed by atoms with E-state index in [0.717, 1.165) is 22.8 Å². The number of hydrogen-bond acceptors (Lipinski definition) is 3. The van der Waals surface area contributed by atoms with Crippen molar-refractivity contribution in [3.05, 3.63) is 48.5 Å². The molecule has 2 aromatic rings. The minimum Gasteiger partial charge on any atom is -0.497 e. The Morgan fingerprint density at radius 3 is 2.62 bits per heavy atom. The van der Waals surface area contributed by atoms with Crippen LogP contribution in [0.4, 0.5) is 17.1 Å². The van der Waals surface area contributed by atoms with E-state index in [2.05, 4.69) is 5.32 Å². The lowest BCUT2D eigenvalue weighted by molar-refractivity contribution is 0.415. The van der Waals surface area contributed by atoms with Crippen LogP contribution < -0.4 is 15.8 Å². The SMILES string of the molecule is COc1cccc(Nc2ccccc2N)c1. The summed E-state index contributed by atoms with van der Waals surface area (Å²) in [6, 6.07) is 15.4. The maximum atomic E-state index is 5.85. The molecule has 0 heterocycles. The van der Waals surface area contributed by atoms with Gasteiger partial charge in [0.05, 0.1) is 18.5 Å². The summed E-state index contributed by atoms with van der Waals surface area (Å²) in [7, 11) is 1.65. The van der Waals surface area contributed by atoms with Crippen LogP contribution in [0.2, 0.25) is 0 Å². The fourth-order valence-electron chi connectivity index (χ4n) is 1.47. The van der Waals surface area contributed by atoms with Crippen LogP contribution in [-0.2, 0) is 0 Å². The third-order valence-electron chi connectivity index (χ3n) is 2.31. The van der Waals surface area contributed by atoms with Gasteiger partial charge >= 0.3 is 0 Å². The Morgan fingerprint density at radius 2 is 1.88 bits per heavy atom. The first-order valence-corrected chi connectivity index (χ1v) is 5.05. The molecule has 3 N–H and O–H groups in total. The first kappa shape index (κ1) is 10.4. The quantitative estimate of drug-likeness (QED) is 0.772. The number of para-hydroxylation sites is 2. The standard InChI is InChI=1S/C13H14N2O/c1-16-11-6-4-5-10(9-11)15-13-8-3-2-7-12(13)14/h2-9,15H,14H2,1H3. The number of anilines is 3. The molecule has 0 saturated heterocycles. The highest BCUT2D eigenvalue weighted by Crippen LogP contribution is 2.24. The van der Waals surface area contributed by atoms with Gasteiger partial charge in [0.2, 0.25) is 0 Å². The molecular formula is C13H14N2O. The molecule has 0 atom stereocenters. The number of nitrogens with two attached hydrogens (primary N) is 1. The van der Waals surface area contributed by atoms with E-state index in [9.17, 15) is 0 Å². The largest absolute Gasteiger partial charge is 0.497 e. The van der Waals surface area contributed by atoms with E-state index in [1.54, 1.807) is 7.11 Å². The maximum Gasteiger partial charge on any atom is 0.120 e. The van der Waals surface area contributed by atoms with E-state index in [0.29, 0.717) is 0 Å². The Labute approximate surface area is 94.9 Å². The van der Waals surface area contributed by atoms with Crippen molar-refractivity contribution < 1.29 is 4.74 Å². The average molecular weight is 214 g/mol. The van der Waals surface area contributed by atoms with Crippen LogP contribution in [0.15, 0.2) is 48.5 Å². The average Bonchev–Trinajstić information content (AvgIpc) is 2.32. The fourth-order valence-corrected chi connectivity index (χ4v) is 1.47. The molecule has 0 aliphatic carbocycles. The summed E-state index contributed by atoms with van der Waals surface area (Å²) in [5.41, 5.74) is 8.43. The van der Waals surface area contributed by atoms with Crippen molar-refractivity contribution in [2.75, 3.05) is 18.2 Å². The van der Waals surface area contributed by atoms with Crippen LogP contribution in [-0.4, -0.2) is 7.11 Å². The first-order chi connectivity index (χ1) is 7.79. The summed E-state index contributed by atoms with van der Waals surface area (Å²) in [6.45, 7) is 0. The number of benzene rings is 2. The van der Waals surface area contributed by atoms with Crippen molar-refractivity contribution in [2.45, 2.75) is 0 Å². The monoisotopic (exact) mass is 214 g/mol. The molecule has 2 aromatic carbocycles. The minimum atomic E-state index is 0.727. The van der Waals surface area contributed by atoms with Crippen molar-refractivity contribution in [1.82, 2.24) is 0 Å². The van der Waals surface area contributed by atoms with E-state index < -0.39 is 0 Å². The summed E-state index contributed by atoms with van der Waals surface area (Å²) in [4.78, 5) is 0. The Hall–Kier alpha value is -2.16. The van der Waals surface area contributed by atoms with Gasteiger partial charge in [0, 0.05) is 11.8 Å². The zero-order chi connectivity index (χ0) is 11.4. The first-order valence-electron chi connectivity index (χ1n) is 5.05. The van der Waals surface area contributed by atoms with Crippen LogP contribution in [0.1, 0.15) is 0 Å².